The van der Waals surface area contributed by atoms with Crippen molar-refractivity contribution in [3.63, 3.8) is 0 Å². The van der Waals surface area contributed by atoms with Crippen molar-refractivity contribution in [2.75, 3.05) is 6.61 Å². The minimum atomic E-state index is -1.28. The Hall–Kier alpha value is -1.82. The fourth-order valence-corrected chi connectivity index (χ4v) is 1.38. The van der Waals surface area contributed by atoms with Gasteiger partial charge in [-0.15, -0.1) is 0 Å². The average Bonchev–Trinajstić information content (AvgIpc) is 2.76. The molecule has 0 aliphatic rings. The lowest BCUT2D eigenvalue weighted by Crippen LogP contribution is -2.91. The van der Waals surface area contributed by atoms with Crippen molar-refractivity contribution in [1.82, 2.24) is 0 Å². The van der Waals surface area contributed by atoms with Gasteiger partial charge >= 0.3 is 5.97 Å². The Bertz CT molecular complexity index is 360. The van der Waals surface area contributed by atoms with E-state index >= 15 is 0 Å². The molecule has 1 heterocycles. The van der Waals surface area contributed by atoms with Crippen LogP contribution in [0.2, 0.25) is 0 Å². The number of hydrogen-bond acceptors (Lipinski definition) is 5. The summed E-state index contributed by atoms with van der Waals surface area (Å²) in [5.74, 6) is -1.17. The molecule has 1 aromatic rings. The number of carbonyl (C=O) groups excluding carboxylic acids is 2. The van der Waals surface area contributed by atoms with Crippen LogP contribution in [0.3, 0.4) is 0 Å². The molecule has 0 aliphatic carbocycles. The van der Waals surface area contributed by atoms with Crippen molar-refractivity contribution < 1.29 is 29.2 Å². The molecule has 17 heavy (non-hydrogen) atoms. The molecule has 0 spiro atoms. The van der Waals surface area contributed by atoms with Crippen LogP contribution in [0.1, 0.15) is 19.1 Å². The van der Waals surface area contributed by atoms with Crippen LogP contribution >= 0.6 is 0 Å². The second-order valence-electron chi connectivity index (χ2n) is 3.45. The number of quaternary nitrogens is 1. The van der Waals surface area contributed by atoms with Gasteiger partial charge in [0.2, 0.25) is 0 Å². The predicted molar refractivity (Wildman–Crippen MR) is 54.4 cm³/mol. The fourth-order valence-electron chi connectivity index (χ4n) is 1.38. The lowest BCUT2D eigenvalue weighted by atomic mass is 10.2. The highest BCUT2D eigenvalue weighted by atomic mass is 16.5. The first-order valence-electron chi connectivity index (χ1n) is 5.35. The van der Waals surface area contributed by atoms with E-state index in [1.807, 2.05) is 0 Å². The first-order chi connectivity index (χ1) is 8.13. The van der Waals surface area contributed by atoms with Gasteiger partial charge in [0.05, 0.1) is 19.3 Å². The number of aliphatic carboxylic acids is 1. The molecule has 2 N–H and O–H groups in total. The van der Waals surface area contributed by atoms with Crippen LogP contribution in [0.25, 0.3) is 0 Å². The van der Waals surface area contributed by atoms with Crippen molar-refractivity contribution in [2.45, 2.75) is 25.9 Å². The van der Waals surface area contributed by atoms with E-state index in [0.29, 0.717) is 12.3 Å². The van der Waals surface area contributed by atoms with Gasteiger partial charge in [-0.3, -0.25) is 0 Å². The maximum absolute atomic E-state index is 11.5. The van der Waals surface area contributed by atoms with E-state index in [9.17, 15) is 14.7 Å². The van der Waals surface area contributed by atoms with Crippen LogP contribution in [0.5, 0.6) is 0 Å². The Morgan fingerprint density at radius 2 is 2.35 bits per heavy atom. The quantitative estimate of drug-likeness (QED) is 0.581. The third kappa shape index (κ3) is 4.69. The third-order valence-electron chi connectivity index (χ3n) is 2.16. The van der Waals surface area contributed by atoms with Crippen LogP contribution in [0.4, 0.5) is 0 Å². The highest BCUT2D eigenvalue weighted by Gasteiger charge is 2.23. The van der Waals surface area contributed by atoms with Gasteiger partial charge < -0.3 is 24.4 Å². The van der Waals surface area contributed by atoms with Gasteiger partial charge in [-0.25, -0.2) is 4.79 Å². The van der Waals surface area contributed by atoms with E-state index in [1.165, 1.54) is 6.26 Å². The molecule has 0 unspecified atom stereocenters. The molecule has 94 valence electrons. The zero-order valence-corrected chi connectivity index (χ0v) is 9.55. The van der Waals surface area contributed by atoms with Crippen LogP contribution in [0.15, 0.2) is 22.8 Å². The van der Waals surface area contributed by atoms with Gasteiger partial charge in [0.15, 0.2) is 11.8 Å². The summed E-state index contributed by atoms with van der Waals surface area (Å²) in [6, 6.07) is 2.67. The summed E-state index contributed by atoms with van der Waals surface area (Å²) in [6.45, 7) is 2.27. The van der Waals surface area contributed by atoms with Crippen LogP contribution in [-0.2, 0) is 20.9 Å². The standard InChI is InChI=1S/C11H15NO5/c1-2-16-11(15)9(6-10(13)14)12-7-8-4-3-5-17-8/h3-5,9,12H,2,6-7H2,1H3,(H,13,14)/t9-/m0/s1. The third-order valence-corrected chi connectivity index (χ3v) is 2.16. The summed E-state index contributed by atoms with van der Waals surface area (Å²) < 4.78 is 9.87. The summed E-state index contributed by atoms with van der Waals surface area (Å²) in [6.07, 6.45) is 1.14. The summed E-state index contributed by atoms with van der Waals surface area (Å²) in [5.41, 5.74) is 0. The average molecular weight is 241 g/mol. The van der Waals surface area contributed by atoms with Gasteiger partial charge in [0.25, 0.3) is 0 Å². The van der Waals surface area contributed by atoms with Crippen LogP contribution in [-0.4, -0.2) is 24.6 Å². The fraction of sp³-hybridized carbons (Fsp3) is 0.455. The SMILES string of the molecule is CCOC(=O)[C@H](CC(=O)[O-])[NH2+]Cc1ccco1. The summed E-state index contributed by atoms with van der Waals surface area (Å²) in [5, 5.41) is 12.1. The second-order valence-corrected chi connectivity index (χ2v) is 3.45. The highest BCUT2D eigenvalue weighted by molar-refractivity contribution is 5.79. The van der Waals surface area contributed by atoms with Crippen molar-refractivity contribution in [3.05, 3.63) is 24.2 Å². The number of carboxylic acid groups (broad SMARTS) is 1. The maximum atomic E-state index is 11.5. The molecule has 1 aromatic heterocycles. The van der Waals surface area contributed by atoms with Crippen LogP contribution < -0.4 is 10.4 Å². The topological polar surface area (TPSA) is 96.2 Å². The molecule has 1 atom stereocenters. The molecule has 0 saturated carbocycles. The van der Waals surface area contributed by atoms with Crippen molar-refractivity contribution >= 4 is 11.9 Å². The van der Waals surface area contributed by atoms with Gasteiger partial charge in [-0.2, -0.15) is 0 Å². The zero-order valence-electron chi connectivity index (χ0n) is 9.55. The molecular weight excluding hydrogens is 226 g/mol. The molecule has 1 rings (SSSR count). The van der Waals surface area contributed by atoms with Gasteiger partial charge in [-0.05, 0) is 19.1 Å². The first-order valence-corrected chi connectivity index (χ1v) is 5.35. The van der Waals surface area contributed by atoms with Crippen molar-refractivity contribution in [3.8, 4) is 0 Å². The number of rotatable bonds is 7. The minimum absolute atomic E-state index is 0.219. The van der Waals surface area contributed by atoms with Crippen molar-refractivity contribution in [2.24, 2.45) is 0 Å². The smallest absolute Gasteiger partial charge is 0.365 e. The molecule has 0 radical (unpaired) electrons. The number of ether oxygens (including phenoxy) is 1. The second kappa shape index (κ2) is 6.70. The van der Waals surface area contributed by atoms with E-state index in [4.69, 9.17) is 9.15 Å². The Labute approximate surface area is 98.6 Å². The monoisotopic (exact) mass is 241 g/mol. The van der Waals surface area contributed by atoms with Gasteiger partial charge in [0, 0.05) is 5.97 Å². The normalized spacial score (nSPS) is 12.1. The molecule has 0 amide bonds. The Kier molecular flexibility index (Phi) is 5.22. The van der Waals surface area contributed by atoms with E-state index in [-0.39, 0.29) is 13.0 Å². The lowest BCUT2D eigenvalue weighted by molar-refractivity contribution is -0.694. The summed E-state index contributed by atoms with van der Waals surface area (Å²) in [7, 11) is 0. The molecule has 6 heteroatoms. The lowest BCUT2D eigenvalue weighted by Gasteiger charge is -2.13. The minimum Gasteiger partial charge on any atom is -0.550 e. The number of furan rings is 1. The Balaban J connectivity index is 2.50. The van der Waals surface area contributed by atoms with E-state index < -0.39 is 18.0 Å². The molecule has 0 saturated heterocycles. The maximum Gasteiger partial charge on any atom is 0.365 e. The summed E-state index contributed by atoms with van der Waals surface area (Å²) in [4.78, 5) is 22.0. The number of carbonyl (C=O) groups is 2. The van der Waals surface area contributed by atoms with E-state index in [2.05, 4.69) is 0 Å². The molecule has 6 nitrogen and oxygen atoms in total. The number of carboxylic acids is 1. The molecule has 0 aromatic carbocycles. The van der Waals surface area contributed by atoms with Crippen LogP contribution in [0, 0.1) is 0 Å². The van der Waals surface area contributed by atoms with Crippen molar-refractivity contribution in [1.29, 1.82) is 0 Å². The largest absolute Gasteiger partial charge is 0.550 e. The number of nitrogens with two attached hydrogens (primary N) is 1. The van der Waals surface area contributed by atoms with E-state index in [0.717, 1.165) is 0 Å². The highest BCUT2D eigenvalue weighted by Crippen LogP contribution is 1.97. The number of esters is 1. The van der Waals surface area contributed by atoms with Gasteiger partial charge in [0.1, 0.15) is 6.54 Å². The number of hydrogen-bond donors (Lipinski definition) is 1. The zero-order chi connectivity index (χ0) is 12.7. The van der Waals surface area contributed by atoms with E-state index in [1.54, 1.807) is 24.4 Å². The Morgan fingerprint density at radius 1 is 1.59 bits per heavy atom. The summed E-state index contributed by atoms with van der Waals surface area (Å²) >= 11 is 0. The molecule has 0 aliphatic heterocycles. The van der Waals surface area contributed by atoms with Gasteiger partial charge in [-0.1, -0.05) is 0 Å². The predicted octanol–water partition coefficient (Wildman–Crippen LogP) is -1.59. The molecule has 0 fully saturated rings. The molecular formula is C11H15NO5. The first kappa shape index (κ1) is 13.2. The Morgan fingerprint density at radius 3 is 2.88 bits per heavy atom. The molecule has 0 bridgehead atoms.